The van der Waals surface area contributed by atoms with Crippen molar-refractivity contribution in [2.75, 3.05) is 31.1 Å². The third-order valence-corrected chi connectivity index (χ3v) is 3.74. The average molecular weight is 275 g/mol. The van der Waals surface area contributed by atoms with Crippen LogP contribution in [-0.2, 0) is 11.3 Å². The Balaban J connectivity index is 1.89. The molecule has 2 rings (SSSR count). The molecule has 0 aliphatic carbocycles. The molecule has 20 heavy (non-hydrogen) atoms. The van der Waals surface area contributed by atoms with Gasteiger partial charge in [0.25, 0.3) is 0 Å². The number of nitrogens with one attached hydrogen (secondary N) is 1. The van der Waals surface area contributed by atoms with Crippen LogP contribution in [0.3, 0.4) is 0 Å². The molecule has 0 atom stereocenters. The van der Waals surface area contributed by atoms with Crippen LogP contribution < -0.4 is 10.2 Å². The third kappa shape index (κ3) is 3.97. The number of rotatable bonds is 4. The normalized spacial score (nSPS) is 15.8. The summed E-state index contributed by atoms with van der Waals surface area (Å²) in [5.41, 5.74) is 2.56. The van der Waals surface area contributed by atoms with Crippen molar-refractivity contribution < 1.29 is 4.79 Å². The summed E-state index contributed by atoms with van der Waals surface area (Å²) in [6.45, 7) is 10.4. The van der Waals surface area contributed by atoms with Crippen LogP contribution in [0, 0.1) is 0 Å². The molecule has 0 bridgehead atoms. The number of carbonyl (C=O) groups excluding carboxylic acids is 1. The Hall–Kier alpha value is -1.55. The van der Waals surface area contributed by atoms with E-state index in [1.165, 1.54) is 11.3 Å². The Morgan fingerprint density at radius 1 is 1.15 bits per heavy atom. The van der Waals surface area contributed by atoms with Gasteiger partial charge in [0.05, 0.1) is 0 Å². The molecular weight excluding hydrogens is 250 g/mol. The number of hydrogen-bond donors (Lipinski definition) is 1. The first-order valence-corrected chi connectivity index (χ1v) is 7.39. The van der Waals surface area contributed by atoms with Crippen LogP contribution in [0.2, 0.25) is 0 Å². The summed E-state index contributed by atoms with van der Waals surface area (Å²) < 4.78 is 0. The van der Waals surface area contributed by atoms with E-state index in [4.69, 9.17) is 0 Å². The van der Waals surface area contributed by atoms with Crippen LogP contribution in [0.4, 0.5) is 5.69 Å². The molecule has 110 valence electrons. The minimum absolute atomic E-state index is 0.180. The largest absolute Gasteiger partial charge is 0.368 e. The first kappa shape index (κ1) is 14.9. The van der Waals surface area contributed by atoms with Crippen LogP contribution in [-0.4, -0.2) is 43.0 Å². The van der Waals surface area contributed by atoms with Gasteiger partial charge in [0, 0.05) is 51.4 Å². The summed E-state index contributed by atoms with van der Waals surface area (Å²) in [4.78, 5) is 15.6. The molecule has 0 radical (unpaired) electrons. The van der Waals surface area contributed by atoms with Gasteiger partial charge in [-0.1, -0.05) is 26.0 Å². The summed E-state index contributed by atoms with van der Waals surface area (Å²) in [6, 6.07) is 9.24. The van der Waals surface area contributed by atoms with Crippen molar-refractivity contribution in [2.24, 2.45) is 0 Å². The summed E-state index contributed by atoms with van der Waals surface area (Å²) in [6.07, 6.45) is 0. The van der Waals surface area contributed by atoms with E-state index in [2.05, 4.69) is 48.3 Å². The summed E-state index contributed by atoms with van der Waals surface area (Å²) >= 11 is 0. The Labute approximate surface area is 121 Å². The lowest BCUT2D eigenvalue weighted by atomic mass is 10.1. The van der Waals surface area contributed by atoms with Gasteiger partial charge in [0.1, 0.15) is 0 Å². The van der Waals surface area contributed by atoms with E-state index < -0.39 is 0 Å². The van der Waals surface area contributed by atoms with E-state index >= 15 is 0 Å². The fourth-order valence-corrected chi connectivity index (χ4v) is 2.43. The zero-order valence-electron chi connectivity index (χ0n) is 12.7. The van der Waals surface area contributed by atoms with Gasteiger partial charge in [-0.25, -0.2) is 0 Å². The number of benzene rings is 1. The zero-order chi connectivity index (χ0) is 14.5. The Bertz CT molecular complexity index is 434. The monoisotopic (exact) mass is 275 g/mol. The summed E-state index contributed by atoms with van der Waals surface area (Å²) in [5.74, 6) is 0.180. The second-order valence-corrected chi connectivity index (χ2v) is 5.70. The van der Waals surface area contributed by atoms with Gasteiger partial charge in [-0.2, -0.15) is 0 Å². The van der Waals surface area contributed by atoms with Gasteiger partial charge in [0.15, 0.2) is 0 Å². The number of hydrogen-bond acceptors (Lipinski definition) is 3. The molecule has 0 unspecified atom stereocenters. The van der Waals surface area contributed by atoms with E-state index in [-0.39, 0.29) is 5.91 Å². The summed E-state index contributed by atoms with van der Waals surface area (Å²) in [5, 5.41) is 3.42. The molecule has 4 heteroatoms. The van der Waals surface area contributed by atoms with Crippen LogP contribution in [0.1, 0.15) is 26.3 Å². The number of amides is 1. The van der Waals surface area contributed by atoms with E-state index in [1.807, 2.05) is 4.90 Å². The van der Waals surface area contributed by atoms with Gasteiger partial charge < -0.3 is 15.1 Å². The Morgan fingerprint density at radius 2 is 1.75 bits per heavy atom. The maximum Gasteiger partial charge on any atom is 0.219 e. The van der Waals surface area contributed by atoms with Gasteiger partial charge in [-0.3, -0.25) is 4.79 Å². The molecule has 4 nitrogen and oxygen atoms in total. The average Bonchev–Trinajstić information content (AvgIpc) is 2.46. The van der Waals surface area contributed by atoms with E-state index in [0.717, 1.165) is 32.7 Å². The number of nitrogens with zero attached hydrogens (tertiary/aromatic N) is 2. The van der Waals surface area contributed by atoms with Crippen molar-refractivity contribution in [1.82, 2.24) is 10.2 Å². The maximum absolute atomic E-state index is 11.3. The van der Waals surface area contributed by atoms with Crippen molar-refractivity contribution >= 4 is 11.6 Å². The standard InChI is InChI=1S/C16H25N3O/c1-13(2)17-12-15-4-6-16(7-5-15)19-10-8-18(9-11-19)14(3)20/h4-7,13,17H,8-12H2,1-3H3. The molecule has 1 aromatic carbocycles. The first-order valence-electron chi connectivity index (χ1n) is 7.39. The highest BCUT2D eigenvalue weighted by atomic mass is 16.2. The highest BCUT2D eigenvalue weighted by Gasteiger charge is 2.18. The smallest absolute Gasteiger partial charge is 0.219 e. The highest BCUT2D eigenvalue weighted by Crippen LogP contribution is 2.17. The molecular formula is C16H25N3O. The fraction of sp³-hybridized carbons (Fsp3) is 0.562. The van der Waals surface area contributed by atoms with Crippen LogP contribution in [0.15, 0.2) is 24.3 Å². The molecule has 0 aromatic heterocycles. The van der Waals surface area contributed by atoms with Crippen molar-refractivity contribution in [2.45, 2.75) is 33.4 Å². The second kappa shape index (κ2) is 6.75. The molecule has 1 aliphatic rings. The molecule has 1 aliphatic heterocycles. The maximum atomic E-state index is 11.3. The van der Waals surface area contributed by atoms with Crippen molar-refractivity contribution in [3.8, 4) is 0 Å². The van der Waals surface area contributed by atoms with E-state index in [9.17, 15) is 4.79 Å². The lowest BCUT2D eigenvalue weighted by Gasteiger charge is -2.35. The Morgan fingerprint density at radius 3 is 2.25 bits per heavy atom. The van der Waals surface area contributed by atoms with Gasteiger partial charge >= 0.3 is 0 Å². The molecule has 1 N–H and O–H groups in total. The fourth-order valence-electron chi connectivity index (χ4n) is 2.43. The minimum Gasteiger partial charge on any atom is -0.368 e. The summed E-state index contributed by atoms with van der Waals surface area (Å²) in [7, 11) is 0. The molecule has 1 saturated heterocycles. The quantitative estimate of drug-likeness (QED) is 0.911. The minimum atomic E-state index is 0.180. The second-order valence-electron chi connectivity index (χ2n) is 5.70. The molecule has 0 saturated carbocycles. The van der Waals surface area contributed by atoms with Crippen LogP contribution in [0.25, 0.3) is 0 Å². The van der Waals surface area contributed by atoms with Crippen LogP contribution >= 0.6 is 0 Å². The first-order chi connectivity index (χ1) is 9.56. The third-order valence-electron chi connectivity index (χ3n) is 3.74. The molecule has 1 heterocycles. The highest BCUT2D eigenvalue weighted by molar-refractivity contribution is 5.73. The lowest BCUT2D eigenvalue weighted by Crippen LogP contribution is -2.48. The van der Waals surface area contributed by atoms with Gasteiger partial charge in [-0.05, 0) is 17.7 Å². The van der Waals surface area contributed by atoms with Crippen LogP contribution in [0.5, 0.6) is 0 Å². The molecule has 1 aromatic rings. The van der Waals surface area contributed by atoms with E-state index in [1.54, 1.807) is 6.92 Å². The SMILES string of the molecule is CC(=O)N1CCN(c2ccc(CNC(C)C)cc2)CC1. The van der Waals surface area contributed by atoms with E-state index in [0.29, 0.717) is 6.04 Å². The van der Waals surface area contributed by atoms with Gasteiger partial charge in [0.2, 0.25) is 5.91 Å². The predicted octanol–water partition coefficient (Wildman–Crippen LogP) is 1.85. The Kier molecular flexibility index (Phi) is 5.01. The molecule has 0 spiro atoms. The zero-order valence-corrected chi connectivity index (χ0v) is 12.7. The van der Waals surface area contributed by atoms with Crippen molar-refractivity contribution in [3.63, 3.8) is 0 Å². The predicted molar refractivity (Wildman–Crippen MR) is 82.9 cm³/mol. The lowest BCUT2D eigenvalue weighted by molar-refractivity contribution is -0.129. The number of piperazine rings is 1. The van der Waals surface area contributed by atoms with Crippen molar-refractivity contribution in [3.05, 3.63) is 29.8 Å². The topological polar surface area (TPSA) is 35.6 Å². The molecule has 1 fully saturated rings. The van der Waals surface area contributed by atoms with Gasteiger partial charge in [-0.15, -0.1) is 0 Å². The number of carbonyl (C=O) groups is 1. The van der Waals surface area contributed by atoms with Crippen molar-refractivity contribution in [1.29, 1.82) is 0 Å². The number of anilines is 1. The molecule has 1 amide bonds.